The molecule has 0 unspecified atom stereocenters. The van der Waals surface area contributed by atoms with Crippen LogP contribution < -0.4 is 5.32 Å². The molecule has 0 atom stereocenters. The minimum atomic E-state index is -1.45. The number of hydrogen-bond donors (Lipinski definition) is 1. The summed E-state index contributed by atoms with van der Waals surface area (Å²) in [7, 11) is 0. The topological polar surface area (TPSA) is 24.9 Å². The largest absolute Gasteiger partial charge is 0.380 e. The molecular weight excluding hydrogens is 241 g/mol. The number of halogens is 3. The molecule has 1 N–H and O–H groups in total. The molecule has 0 saturated carbocycles. The maximum Gasteiger partial charge on any atom is 0.194 e. The number of hydrogen-bond acceptors (Lipinski definition) is 2. The lowest BCUT2D eigenvalue weighted by Gasteiger charge is -2.07. The summed E-state index contributed by atoms with van der Waals surface area (Å²) in [4.78, 5) is 4.07. The Morgan fingerprint density at radius 1 is 1.11 bits per heavy atom. The van der Waals surface area contributed by atoms with E-state index < -0.39 is 17.5 Å². The SMILES string of the molecule is Cc1ccc(NCc2cc(F)c(F)c(F)c2)cn1. The van der Waals surface area contributed by atoms with Crippen molar-refractivity contribution in [3.05, 3.63) is 59.2 Å². The van der Waals surface area contributed by atoms with E-state index in [-0.39, 0.29) is 6.54 Å². The second-order valence-corrected chi connectivity index (χ2v) is 3.92. The molecule has 18 heavy (non-hydrogen) atoms. The lowest BCUT2D eigenvalue weighted by molar-refractivity contribution is 0.445. The minimum Gasteiger partial charge on any atom is -0.380 e. The molecule has 0 aliphatic carbocycles. The molecular formula is C13H11F3N2. The lowest BCUT2D eigenvalue weighted by atomic mass is 10.2. The highest BCUT2D eigenvalue weighted by molar-refractivity contribution is 5.41. The van der Waals surface area contributed by atoms with Gasteiger partial charge in [0.05, 0.1) is 11.9 Å². The average molecular weight is 252 g/mol. The van der Waals surface area contributed by atoms with Crippen molar-refractivity contribution in [2.45, 2.75) is 13.5 Å². The van der Waals surface area contributed by atoms with Gasteiger partial charge in [0.15, 0.2) is 17.5 Å². The van der Waals surface area contributed by atoms with Gasteiger partial charge >= 0.3 is 0 Å². The first kappa shape index (κ1) is 12.4. The molecule has 0 amide bonds. The summed E-state index contributed by atoms with van der Waals surface area (Å²) < 4.78 is 38.7. The Hall–Kier alpha value is -2.04. The van der Waals surface area contributed by atoms with Crippen LogP contribution in [0.25, 0.3) is 0 Å². The Labute approximate surface area is 102 Å². The molecule has 0 aliphatic heterocycles. The fourth-order valence-electron chi connectivity index (χ4n) is 1.49. The van der Waals surface area contributed by atoms with Gasteiger partial charge in [-0.25, -0.2) is 13.2 Å². The first-order valence-corrected chi connectivity index (χ1v) is 5.36. The van der Waals surface area contributed by atoms with Crippen molar-refractivity contribution >= 4 is 5.69 Å². The number of anilines is 1. The van der Waals surface area contributed by atoms with E-state index >= 15 is 0 Å². The van der Waals surface area contributed by atoms with E-state index in [0.29, 0.717) is 5.56 Å². The number of pyridine rings is 1. The van der Waals surface area contributed by atoms with Gasteiger partial charge in [0.25, 0.3) is 0 Å². The van der Waals surface area contributed by atoms with Gasteiger partial charge in [-0.1, -0.05) is 0 Å². The van der Waals surface area contributed by atoms with Gasteiger partial charge in [-0.05, 0) is 36.8 Å². The molecule has 1 aromatic carbocycles. The van der Waals surface area contributed by atoms with E-state index in [0.717, 1.165) is 23.5 Å². The zero-order chi connectivity index (χ0) is 13.1. The number of aryl methyl sites for hydroxylation is 1. The Bertz CT molecular complexity index is 530. The zero-order valence-electron chi connectivity index (χ0n) is 9.67. The van der Waals surface area contributed by atoms with Crippen molar-refractivity contribution < 1.29 is 13.2 Å². The summed E-state index contributed by atoms with van der Waals surface area (Å²) in [5.41, 5.74) is 1.93. The number of benzene rings is 1. The summed E-state index contributed by atoms with van der Waals surface area (Å²) in [6.07, 6.45) is 1.62. The number of rotatable bonds is 3. The molecule has 2 aromatic rings. The molecule has 2 rings (SSSR count). The normalized spacial score (nSPS) is 10.4. The van der Waals surface area contributed by atoms with Crippen molar-refractivity contribution in [3.8, 4) is 0 Å². The van der Waals surface area contributed by atoms with Crippen LogP contribution in [0.1, 0.15) is 11.3 Å². The molecule has 5 heteroatoms. The van der Waals surface area contributed by atoms with Crippen LogP contribution in [-0.4, -0.2) is 4.98 Å². The van der Waals surface area contributed by atoms with Crippen LogP contribution >= 0.6 is 0 Å². The van der Waals surface area contributed by atoms with E-state index in [1.165, 1.54) is 0 Å². The predicted octanol–water partition coefficient (Wildman–Crippen LogP) is 3.42. The summed E-state index contributed by atoms with van der Waals surface area (Å²) in [5, 5.41) is 2.94. The van der Waals surface area contributed by atoms with Gasteiger partial charge in [-0.2, -0.15) is 0 Å². The van der Waals surface area contributed by atoms with E-state index in [1.54, 1.807) is 12.3 Å². The Morgan fingerprint density at radius 2 is 1.78 bits per heavy atom. The highest BCUT2D eigenvalue weighted by Crippen LogP contribution is 2.15. The molecule has 94 valence electrons. The highest BCUT2D eigenvalue weighted by Gasteiger charge is 2.10. The van der Waals surface area contributed by atoms with Crippen LogP contribution in [0.4, 0.5) is 18.9 Å². The van der Waals surface area contributed by atoms with Crippen LogP contribution in [-0.2, 0) is 6.54 Å². The summed E-state index contributed by atoms with van der Waals surface area (Å²) >= 11 is 0. The van der Waals surface area contributed by atoms with Crippen LogP contribution in [0.3, 0.4) is 0 Å². The second kappa shape index (κ2) is 5.08. The van der Waals surface area contributed by atoms with Crippen LogP contribution in [0.2, 0.25) is 0 Å². The monoisotopic (exact) mass is 252 g/mol. The van der Waals surface area contributed by atoms with E-state index in [4.69, 9.17) is 0 Å². The van der Waals surface area contributed by atoms with E-state index in [9.17, 15) is 13.2 Å². The molecule has 1 heterocycles. The molecule has 0 bridgehead atoms. The number of aromatic nitrogens is 1. The fourth-order valence-corrected chi connectivity index (χ4v) is 1.49. The fraction of sp³-hybridized carbons (Fsp3) is 0.154. The molecule has 0 radical (unpaired) electrons. The van der Waals surface area contributed by atoms with Crippen LogP contribution in [0.15, 0.2) is 30.5 Å². The van der Waals surface area contributed by atoms with Gasteiger partial charge < -0.3 is 5.32 Å². The van der Waals surface area contributed by atoms with Crippen LogP contribution in [0, 0.1) is 24.4 Å². The minimum absolute atomic E-state index is 0.193. The van der Waals surface area contributed by atoms with Crippen molar-refractivity contribution in [1.82, 2.24) is 4.98 Å². The summed E-state index contributed by atoms with van der Waals surface area (Å²) in [6.45, 7) is 2.05. The summed E-state index contributed by atoms with van der Waals surface area (Å²) in [6, 6.07) is 5.55. The third-order valence-electron chi connectivity index (χ3n) is 2.45. The molecule has 2 nitrogen and oxygen atoms in total. The predicted molar refractivity (Wildman–Crippen MR) is 62.6 cm³/mol. The highest BCUT2D eigenvalue weighted by atomic mass is 19.2. The maximum atomic E-state index is 13.0. The van der Waals surface area contributed by atoms with Crippen molar-refractivity contribution in [2.75, 3.05) is 5.32 Å². The average Bonchev–Trinajstić information content (AvgIpc) is 2.35. The molecule has 0 saturated heterocycles. The first-order chi connectivity index (χ1) is 8.56. The van der Waals surface area contributed by atoms with Gasteiger partial charge in [0.2, 0.25) is 0 Å². The standard InChI is InChI=1S/C13H11F3N2/c1-8-2-3-10(7-17-8)18-6-9-4-11(14)13(16)12(15)5-9/h2-5,7,18H,6H2,1H3. The third-order valence-corrected chi connectivity index (χ3v) is 2.45. The molecule has 0 aliphatic rings. The second-order valence-electron chi connectivity index (χ2n) is 3.92. The van der Waals surface area contributed by atoms with Crippen molar-refractivity contribution in [3.63, 3.8) is 0 Å². The lowest BCUT2D eigenvalue weighted by Crippen LogP contribution is -2.02. The van der Waals surface area contributed by atoms with Gasteiger partial charge in [-0.3, -0.25) is 4.98 Å². The van der Waals surface area contributed by atoms with Crippen molar-refractivity contribution in [1.29, 1.82) is 0 Å². The van der Waals surface area contributed by atoms with E-state index in [1.807, 2.05) is 13.0 Å². The van der Waals surface area contributed by atoms with Gasteiger partial charge in [-0.15, -0.1) is 0 Å². The van der Waals surface area contributed by atoms with Crippen molar-refractivity contribution in [2.24, 2.45) is 0 Å². The smallest absolute Gasteiger partial charge is 0.194 e. The Kier molecular flexibility index (Phi) is 3.50. The molecule has 1 aromatic heterocycles. The Morgan fingerprint density at radius 3 is 2.33 bits per heavy atom. The van der Waals surface area contributed by atoms with Crippen LogP contribution in [0.5, 0.6) is 0 Å². The number of nitrogens with zero attached hydrogens (tertiary/aromatic N) is 1. The Balaban J connectivity index is 2.08. The first-order valence-electron chi connectivity index (χ1n) is 5.36. The van der Waals surface area contributed by atoms with Gasteiger partial charge in [0.1, 0.15) is 0 Å². The number of nitrogens with one attached hydrogen (secondary N) is 1. The quantitative estimate of drug-likeness (QED) is 0.847. The zero-order valence-corrected chi connectivity index (χ0v) is 9.67. The maximum absolute atomic E-state index is 13.0. The molecule has 0 spiro atoms. The van der Waals surface area contributed by atoms with E-state index in [2.05, 4.69) is 10.3 Å². The molecule has 0 fully saturated rings. The third kappa shape index (κ3) is 2.80. The van der Waals surface area contributed by atoms with Gasteiger partial charge in [0, 0.05) is 12.2 Å². The summed E-state index contributed by atoms with van der Waals surface area (Å²) in [5.74, 6) is -3.82.